The van der Waals surface area contributed by atoms with E-state index in [0.29, 0.717) is 4.91 Å². The molecule has 160 valence electrons. The molecular formula is C21H14ClF3N2O2S2. The normalized spacial score (nSPS) is 15.9. The number of nitrogens with zero attached hydrogens (tertiary/aromatic N) is 1. The van der Waals surface area contributed by atoms with E-state index >= 15 is 0 Å². The zero-order valence-corrected chi connectivity index (χ0v) is 18.0. The van der Waals surface area contributed by atoms with E-state index in [0.717, 1.165) is 34.4 Å². The van der Waals surface area contributed by atoms with Crippen molar-refractivity contribution in [2.24, 2.45) is 0 Å². The number of halogens is 4. The molecule has 0 atom stereocenters. The van der Waals surface area contributed by atoms with Gasteiger partial charge >= 0.3 is 6.18 Å². The smallest absolute Gasteiger partial charge is 0.325 e. The number of amides is 2. The van der Waals surface area contributed by atoms with E-state index in [1.807, 2.05) is 36.4 Å². The molecule has 1 heterocycles. The number of hydrogen-bond donors (Lipinski definition) is 1. The summed E-state index contributed by atoms with van der Waals surface area (Å²) in [6, 6.07) is 12.5. The lowest BCUT2D eigenvalue weighted by atomic mass is 10.2. The maximum Gasteiger partial charge on any atom is 0.417 e. The van der Waals surface area contributed by atoms with Crippen molar-refractivity contribution in [3.63, 3.8) is 0 Å². The first-order valence-electron chi connectivity index (χ1n) is 8.79. The molecule has 0 unspecified atom stereocenters. The summed E-state index contributed by atoms with van der Waals surface area (Å²) in [5.74, 6) is -1.14. The van der Waals surface area contributed by atoms with Gasteiger partial charge in [0.15, 0.2) is 0 Å². The quantitative estimate of drug-likeness (QED) is 0.435. The molecule has 2 amide bonds. The number of thiocarbonyl (C=S) groups is 1. The van der Waals surface area contributed by atoms with Crippen LogP contribution in [-0.2, 0) is 15.8 Å². The average molecular weight is 483 g/mol. The molecule has 0 aliphatic carbocycles. The molecule has 1 fully saturated rings. The van der Waals surface area contributed by atoms with Crippen LogP contribution >= 0.6 is 35.6 Å². The highest BCUT2D eigenvalue weighted by Gasteiger charge is 2.34. The number of carbonyl (C=O) groups is 2. The molecule has 10 heteroatoms. The van der Waals surface area contributed by atoms with Crippen LogP contribution in [0.2, 0.25) is 5.02 Å². The monoisotopic (exact) mass is 482 g/mol. The Labute approximate surface area is 190 Å². The molecule has 1 saturated heterocycles. The molecule has 2 aromatic rings. The molecule has 0 spiro atoms. The molecule has 0 radical (unpaired) electrons. The fourth-order valence-electron chi connectivity index (χ4n) is 2.63. The summed E-state index contributed by atoms with van der Waals surface area (Å²) >= 11 is 11.8. The van der Waals surface area contributed by atoms with Crippen molar-refractivity contribution in [2.45, 2.75) is 6.18 Å². The Balaban J connectivity index is 1.65. The van der Waals surface area contributed by atoms with Gasteiger partial charge in [-0.2, -0.15) is 13.2 Å². The topological polar surface area (TPSA) is 49.4 Å². The fraction of sp³-hybridized carbons (Fsp3) is 0.0952. The van der Waals surface area contributed by atoms with Gasteiger partial charge < -0.3 is 5.32 Å². The third-order valence-corrected chi connectivity index (χ3v) is 5.79. The number of allylic oxidation sites excluding steroid dienone is 2. The Kier molecular flexibility index (Phi) is 7.19. The van der Waals surface area contributed by atoms with E-state index in [2.05, 4.69) is 5.32 Å². The van der Waals surface area contributed by atoms with Crippen LogP contribution in [0.5, 0.6) is 0 Å². The van der Waals surface area contributed by atoms with Crippen LogP contribution in [0.25, 0.3) is 6.08 Å². The van der Waals surface area contributed by atoms with Gasteiger partial charge in [-0.25, -0.2) is 0 Å². The molecule has 4 nitrogen and oxygen atoms in total. The van der Waals surface area contributed by atoms with Crippen molar-refractivity contribution >= 4 is 63.5 Å². The van der Waals surface area contributed by atoms with Crippen molar-refractivity contribution in [3.05, 3.63) is 81.7 Å². The summed E-state index contributed by atoms with van der Waals surface area (Å²) < 4.78 is 39.1. The molecule has 3 rings (SSSR count). The lowest BCUT2D eigenvalue weighted by Gasteiger charge is -2.15. The maximum absolute atomic E-state index is 13.0. The highest BCUT2D eigenvalue weighted by atomic mass is 35.5. The van der Waals surface area contributed by atoms with Crippen LogP contribution in [0.4, 0.5) is 18.9 Å². The molecular weight excluding hydrogens is 469 g/mol. The van der Waals surface area contributed by atoms with Gasteiger partial charge in [0.25, 0.3) is 5.91 Å². The van der Waals surface area contributed by atoms with Gasteiger partial charge in [0.1, 0.15) is 10.9 Å². The SMILES string of the molecule is O=C(CN1C(=O)/C(=C\C=C\c2ccccc2)SC1=S)Nc1ccc(Cl)c(C(F)(F)F)c1. The molecule has 2 aromatic carbocycles. The third-order valence-electron chi connectivity index (χ3n) is 4.07. The summed E-state index contributed by atoms with van der Waals surface area (Å²) in [6.07, 6.45) is 0.457. The second-order valence-corrected chi connectivity index (χ2v) is 8.38. The van der Waals surface area contributed by atoms with Crippen LogP contribution in [-0.4, -0.2) is 27.6 Å². The van der Waals surface area contributed by atoms with Crippen LogP contribution < -0.4 is 5.32 Å². The Morgan fingerprint density at radius 1 is 1.19 bits per heavy atom. The molecule has 31 heavy (non-hydrogen) atoms. The molecule has 1 aliphatic heterocycles. The van der Waals surface area contributed by atoms with Crippen LogP contribution in [0.15, 0.2) is 65.6 Å². The predicted octanol–water partition coefficient (Wildman–Crippen LogP) is 5.75. The summed E-state index contributed by atoms with van der Waals surface area (Å²) in [5, 5.41) is 1.86. The van der Waals surface area contributed by atoms with Gasteiger partial charge in [0, 0.05) is 5.69 Å². The van der Waals surface area contributed by atoms with Crippen molar-refractivity contribution in [1.29, 1.82) is 0 Å². The van der Waals surface area contributed by atoms with E-state index in [1.165, 1.54) is 6.07 Å². The zero-order valence-electron chi connectivity index (χ0n) is 15.7. The Hall–Kier alpha value is -2.62. The third kappa shape index (κ3) is 5.96. The first kappa shape index (κ1) is 23.1. The van der Waals surface area contributed by atoms with Crippen molar-refractivity contribution in [2.75, 3.05) is 11.9 Å². The lowest BCUT2D eigenvalue weighted by Crippen LogP contribution is -2.36. The molecule has 0 saturated carbocycles. The Bertz CT molecular complexity index is 1090. The van der Waals surface area contributed by atoms with Crippen LogP contribution in [0.3, 0.4) is 0 Å². The number of hydrogen-bond acceptors (Lipinski definition) is 4. The largest absolute Gasteiger partial charge is 0.417 e. The van der Waals surface area contributed by atoms with Gasteiger partial charge in [0.2, 0.25) is 5.91 Å². The van der Waals surface area contributed by atoms with Crippen LogP contribution in [0.1, 0.15) is 11.1 Å². The highest BCUT2D eigenvalue weighted by Crippen LogP contribution is 2.36. The van der Waals surface area contributed by atoms with Gasteiger partial charge in [-0.1, -0.05) is 78.1 Å². The van der Waals surface area contributed by atoms with Crippen LogP contribution in [0, 0.1) is 0 Å². The number of alkyl halides is 3. The summed E-state index contributed by atoms with van der Waals surface area (Å²) in [4.78, 5) is 26.3. The first-order valence-corrected chi connectivity index (χ1v) is 10.4. The average Bonchev–Trinajstić information content (AvgIpc) is 2.97. The highest BCUT2D eigenvalue weighted by molar-refractivity contribution is 8.26. The minimum absolute atomic E-state index is 0.0893. The van der Waals surface area contributed by atoms with E-state index in [4.69, 9.17) is 23.8 Å². The number of benzene rings is 2. The number of thioether (sulfide) groups is 1. The zero-order chi connectivity index (χ0) is 22.6. The van der Waals surface area contributed by atoms with Gasteiger partial charge in [-0.3, -0.25) is 14.5 Å². The number of carbonyl (C=O) groups excluding carboxylic acids is 2. The Morgan fingerprint density at radius 3 is 2.58 bits per heavy atom. The minimum Gasteiger partial charge on any atom is -0.325 e. The maximum atomic E-state index is 13.0. The molecule has 1 aliphatic rings. The summed E-state index contributed by atoms with van der Waals surface area (Å²) in [7, 11) is 0. The minimum atomic E-state index is -4.66. The first-order chi connectivity index (χ1) is 14.6. The summed E-state index contributed by atoms with van der Waals surface area (Å²) in [5.41, 5.74) is -0.200. The predicted molar refractivity (Wildman–Crippen MR) is 121 cm³/mol. The standard InChI is InChI=1S/C21H14ClF3N2O2S2/c22-16-10-9-14(11-15(16)21(23,24)25)26-18(28)12-27-19(29)17(31-20(27)30)8-4-7-13-5-2-1-3-6-13/h1-11H,12H2,(H,26,28)/b7-4+,17-8+. The number of anilines is 1. The second kappa shape index (κ2) is 9.67. The van der Waals surface area contributed by atoms with Gasteiger partial charge in [-0.15, -0.1) is 0 Å². The fourth-order valence-corrected chi connectivity index (χ4v) is 4.06. The van der Waals surface area contributed by atoms with Gasteiger partial charge in [0.05, 0.1) is 15.5 Å². The van der Waals surface area contributed by atoms with E-state index in [-0.39, 0.29) is 10.0 Å². The Morgan fingerprint density at radius 2 is 1.90 bits per heavy atom. The lowest BCUT2D eigenvalue weighted by molar-refractivity contribution is -0.137. The second-order valence-electron chi connectivity index (χ2n) is 6.30. The molecule has 1 N–H and O–H groups in total. The van der Waals surface area contributed by atoms with Crippen molar-refractivity contribution in [1.82, 2.24) is 4.90 Å². The molecule has 0 bridgehead atoms. The molecule has 0 aromatic heterocycles. The van der Waals surface area contributed by atoms with E-state index < -0.39 is 35.1 Å². The number of nitrogens with one attached hydrogen (secondary N) is 1. The van der Waals surface area contributed by atoms with E-state index in [1.54, 1.807) is 12.2 Å². The van der Waals surface area contributed by atoms with Crippen molar-refractivity contribution < 1.29 is 22.8 Å². The summed E-state index contributed by atoms with van der Waals surface area (Å²) in [6.45, 7) is -0.422. The number of rotatable bonds is 5. The van der Waals surface area contributed by atoms with Crippen molar-refractivity contribution in [3.8, 4) is 0 Å². The van der Waals surface area contributed by atoms with Gasteiger partial charge in [-0.05, 0) is 29.8 Å². The van der Waals surface area contributed by atoms with E-state index in [9.17, 15) is 22.8 Å².